The molecule has 0 bridgehead atoms. The Labute approximate surface area is 140 Å². The Hall–Kier alpha value is -2.74. The fourth-order valence-corrected chi connectivity index (χ4v) is 2.58. The van der Waals surface area contributed by atoms with E-state index >= 15 is 0 Å². The SMILES string of the molecule is O=C(NC1CC1)c1nc2c(nnn2Cc2cccc(Cl)c2)c(=O)[nH]1. The monoisotopic (exact) mass is 344 g/mol. The number of aromatic amines is 1. The number of fused-ring (bicyclic) bond motifs is 1. The second-order valence-electron chi connectivity index (χ2n) is 5.71. The predicted molar refractivity (Wildman–Crippen MR) is 87.0 cm³/mol. The molecule has 0 radical (unpaired) electrons. The van der Waals surface area contributed by atoms with Crippen molar-refractivity contribution in [2.45, 2.75) is 25.4 Å². The number of H-pyrrole nitrogens is 1. The van der Waals surface area contributed by atoms with Gasteiger partial charge in [-0.3, -0.25) is 9.59 Å². The largest absolute Gasteiger partial charge is 0.347 e. The Kier molecular flexibility index (Phi) is 3.53. The molecule has 8 nitrogen and oxygen atoms in total. The highest BCUT2D eigenvalue weighted by Crippen LogP contribution is 2.19. The summed E-state index contributed by atoms with van der Waals surface area (Å²) in [5, 5.41) is 11.2. The van der Waals surface area contributed by atoms with Gasteiger partial charge in [-0.15, -0.1) is 5.10 Å². The molecule has 122 valence electrons. The van der Waals surface area contributed by atoms with Gasteiger partial charge in [0, 0.05) is 11.1 Å². The summed E-state index contributed by atoms with van der Waals surface area (Å²) in [6.07, 6.45) is 1.90. The van der Waals surface area contributed by atoms with Gasteiger partial charge in [-0.1, -0.05) is 28.9 Å². The van der Waals surface area contributed by atoms with Crippen LogP contribution in [0.15, 0.2) is 29.1 Å². The smallest absolute Gasteiger partial charge is 0.287 e. The third kappa shape index (κ3) is 2.88. The summed E-state index contributed by atoms with van der Waals surface area (Å²) in [5.41, 5.74) is 0.762. The van der Waals surface area contributed by atoms with Crippen molar-refractivity contribution < 1.29 is 4.79 Å². The average Bonchev–Trinajstić information content (AvgIpc) is 3.27. The second kappa shape index (κ2) is 5.72. The molecule has 3 aromatic rings. The molecule has 2 N–H and O–H groups in total. The molecule has 0 saturated heterocycles. The van der Waals surface area contributed by atoms with Gasteiger partial charge in [0.25, 0.3) is 11.5 Å². The topological polar surface area (TPSA) is 106 Å². The Morgan fingerprint density at radius 2 is 2.25 bits per heavy atom. The van der Waals surface area contributed by atoms with E-state index in [1.165, 1.54) is 4.68 Å². The summed E-state index contributed by atoms with van der Waals surface area (Å²) in [6, 6.07) is 7.45. The van der Waals surface area contributed by atoms with Crippen molar-refractivity contribution in [3.63, 3.8) is 0 Å². The average molecular weight is 345 g/mol. The Morgan fingerprint density at radius 1 is 1.42 bits per heavy atom. The normalized spacial score (nSPS) is 14.0. The standard InChI is InChI=1S/C15H13ClN6O2/c16-9-3-1-2-8(6-9)7-22-13-11(20-21-22)14(23)19-12(18-13)15(24)17-10-4-5-10/h1-3,6,10H,4-5,7H2,(H,17,24)(H,18,19,23). The molecule has 0 atom stereocenters. The molecule has 9 heteroatoms. The molecule has 1 aliphatic carbocycles. The number of nitrogens with one attached hydrogen (secondary N) is 2. The first kappa shape index (κ1) is 14.8. The molecule has 1 fully saturated rings. The van der Waals surface area contributed by atoms with Gasteiger partial charge in [0.05, 0.1) is 6.54 Å². The summed E-state index contributed by atoms with van der Waals surface area (Å²) in [5.74, 6) is -0.430. The molecule has 1 amide bonds. The van der Waals surface area contributed by atoms with E-state index in [1.54, 1.807) is 12.1 Å². The summed E-state index contributed by atoms with van der Waals surface area (Å²) in [6.45, 7) is 0.344. The van der Waals surface area contributed by atoms with Gasteiger partial charge in [0.1, 0.15) is 0 Å². The first-order valence-electron chi connectivity index (χ1n) is 7.49. The van der Waals surface area contributed by atoms with Crippen LogP contribution in [0.2, 0.25) is 5.02 Å². The molecule has 0 unspecified atom stereocenters. The minimum atomic E-state index is -0.488. The summed E-state index contributed by atoms with van der Waals surface area (Å²) >= 11 is 5.98. The van der Waals surface area contributed by atoms with E-state index in [1.807, 2.05) is 12.1 Å². The van der Waals surface area contributed by atoms with Crippen LogP contribution in [0.25, 0.3) is 11.2 Å². The molecule has 0 aliphatic heterocycles. The minimum absolute atomic E-state index is 0.0333. The van der Waals surface area contributed by atoms with E-state index in [-0.39, 0.29) is 23.0 Å². The highest BCUT2D eigenvalue weighted by molar-refractivity contribution is 6.30. The quantitative estimate of drug-likeness (QED) is 0.737. The van der Waals surface area contributed by atoms with E-state index in [0.717, 1.165) is 18.4 Å². The maximum absolute atomic E-state index is 12.1. The van der Waals surface area contributed by atoms with Crippen molar-refractivity contribution in [1.29, 1.82) is 0 Å². The maximum Gasteiger partial charge on any atom is 0.287 e. The lowest BCUT2D eigenvalue weighted by Crippen LogP contribution is -2.29. The molecule has 1 saturated carbocycles. The second-order valence-corrected chi connectivity index (χ2v) is 6.15. The van der Waals surface area contributed by atoms with Crippen LogP contribution >= 0.6 is 11.6 Å². The molecule has 0 spiro atoms. The third-order valence-corrected chi connectivity index (χ3v) is 3.96. The van der Waals surface area contributed by atoms with Gasteiger partial charge in [-0.25, -0.2) is 9.67 Å². The first-order chi connectivity index (χ1) is 11.6. The number of aromatic nitrogens is 5. The molecule has 2 heterocycles. The number of carbonyl (C=O) groups is 1. The summed E-state index contributed by atoms with van der Waals surface area (Å²) in [7, 11) is 0. The van der Waals surface area contributed by atoms with E-state index in [0.29, 0.717) is 11.6 Å². The van der Waals surface area contributed by atoms with E-state index in [2.05, 4.69) is 25.6 Å². The van der Waals surface area contributed by atoms with Crippen molar-refractivity contribution in [3.05, 3.63) is 51.0 Å². The van der Waals surface area contributed by atoms with Gasteiger partial charge < -0.3 is 10.3 Å². The first-order valence-corrected chi connectivity index (χ1v) is 7.87. The Morgan fingerprint density at radius 3 is 3.00 bits per heavy atom. The van der Waals surface area contributed by atoms with Crippen LogP contribution in [-0.4, -0.2) is 36.9 Å². The van der Waals surface area contributed by atoms with Crippen molar-refractivity contribution in [2.75, 3.05) is 0 Å². The van der Waals surface area contributed by atoms with Gasteiger partial charge in [0.15, 0.2) is 11.2 Å². The number of benzene rings is 1. The van der Waals surface area contributed by atoms with Crippen molar-refractivity contribution in [2.24, 2.45) is 0 Å². The zero-order valence-corrected chi connectivity index (χ0v) is 13.2. The van der Waals surface area contributed by atoms with Crippen molar-refractivity contribution in [1.82, 2.24) is 30.3 Å². The maximum atomic E-state index is 12.1. The van der Waals surface area contributed by atoms with Gasteiger partial charge in [-0.2, -0.15) is 0 Å². The van der Waals surface area contributed by atoms with E-state index in [9.17, 15) is 9.59 Å². The van der Waals surface area contributed by atoms with Crippen LogP contribution in [0.4, 0.5) is 0 Å². The van der Waals surface area contributed by atoms with Gasteiger partial charge >= 0.3 is 0 Å². The zero-order chi connectivity index (χ0) is 16.7. The molecular formula is C15H13ClN6O2. The minimum Gasteiger partial charge on any atom is -0.347 e. The molecule has 2 aromatic heterocycles. The molecule has 4 rings (SSSR count). The van der Waals surface area contributed by atoms with Crippen LogP contribution < -0.4 is 10.9 Å². The van der Waals surface area contributed by atoms with Crippen LogP contribution in [0.3, 0.4) is 0 Å². The molecule has 1 aromatic carbocycles. The summed E-state index contributed by atoms with van der Waals surface area (Å²) < 4.78 is 1.48. The number of hydrogen-bond acceptors (Lipinski definition) is 5. The highest BCUT2D eigenvalue weighted by Gasteiger charge is 2.25. The number of halogens is 1. The third-order valence-electron chi connectivity index (χ3n) is 3.72. The van der Waals surface area contributed by atoms with Crippen LogP contribution in [0.5, 0.6) is 0 Å². The zero-order valence-electron chi connectivity index (χ0n) is 12.5. The number of amides is 1. The van der Waals surface area contributed by atoms with Crippen molar-refractivity contribution >= 4 is 28.7 Å². The predicted octanol–water partition coefficient (Wildman–Crippen LogP) is 1.11. The molecule has 24 heavy (non-hydrogen) atoms. The molecule has 1 aliphatic rings. The lowest BCUT2D eigenvalue weighted by molar-refractivity contribution is 0.0940. The summed E-state index contributed by atoms with van der Waals surface area (Å²) in [4.78, 5) is 30.9. The van der Waals surface area contributed by atoms with Crippen LogP contribution in [-0.2, 0) is 6.54 Å². The Bertz CT molecular complexity index is 991. The number of hydrogen-bond donors (Lipinski definition) is 2. The fourth-order valence-electron chi connectivity index (χ4n) is 2.37. The van der Waals surface area contributed by atoms with E-state index < -0.39 is 11.5 Å². The highest BCUT2D eigenvalue weighted by atomic mass is 35.5. The fraction of sp³-hybridized carbons (Fsp3) is 0.267. The number of rotatable bonds is 4. The van der Waals surface area contributed by atoms with E-state index in [4.69, 9.17) is 11.6 Å². The van der Waals surface area contributed by atoms with Crippen molar-refractivity contribution in [3.8, 4) is 0 Å². The Balaban J connectivity index is 1.72. The van der Waals surface area contributed by atoms with Gasteiger partial charge in [-0.05, 0) is 30.5 Å². The lowest BCUT2D eigenvalue weighted by Gasteiger charge is -2.04. The van der Waals surface area contributed by atoms with Gasteiger partial charge in [0.2, 0.25) is 5.82 Å². The molecular weight excluding hydrogens is 332 g/mol. The number of carbonyl (C=O) groups excluding carboxylic acids is 1. The number of nitrogens with zero attached hydrogens (tertiary/aromatic N) is 4. The van der Waals surface area contributed by atoms with Crippen LogP contribution in [0.1, 0.15) is 29.0 Å². The lowest BCUT2D eigenvalue weighted by atomic mass is 10.2. The van der Waals surface area contributed by atoms with Crippen LogP contribution in [0, 0.1) is 0 Å².